The quantitative estimate of drug-likeness (QED) is 0.692. The van der Waals surface area contributed by atoms with Gasteiger partial charge in [0.05, 0.1) is 18.5 Å². The van der Waals surface area contributed by atoms with Crippen LogP contribution in [0.4, 0.5) is 5.69 Å². The molecule has 0 spiro atoms. The van der Waals surface area contributed by atoms with Crippen molar-refractivity contribution in [3.63, 3.8) is 0 Å². The highest BCUT2D eigenvalue weighted by Crippen LogP contribution is 2.29. The summed E-state index contributed by atoms with van der Waals surface area (Å²) in [5.41, 5.74) is 3.84. The van der Waals surface area contributed by atoms with Crippen LogP contribution in [0.1, 0.15) is 30.7 Å². The normalized spacial score (nSPS) is 13.0. The van der Waals surface area contributed by atoms with E-state index in [1.807, 2.05) is 48.5 Å². The molecule has 0 unspecified atom stereocenters. The monoisotopic (exact) mass is 375 g/mol. The van der Waals surface area contributed by atoms with Crippen LogP contribution in [-0.4, -0.2) is 22.6 Å². The van der Waals surface area contributed by atoms with Crippen molar-refractivity contribution >= 4 is 11.6 Å². The third-order valence-electron chi connectivity index (χ3n) is 5.19. The van der Waals surface area contributed by atoms with E-state index in [1.54, 1.807) is 7.11 Å². The number of fused-ring (bicyclic) bond motifs is 1. The lowest BCUT2D eigenvalue weighted by Crippen LogP contribution is -2.13. The first-order valence-electron chi connectivity index (χ1n) is 9.81. The van der Waals surface area contributed by atoms with E-state index in [4.69, 9.17) is 9.72 Å². The smallest absolute Gasteiger partial charge is 0.224 e. The number of anilines is 1. The number of imidazole rings is 1. The molecule has 0 bridgehead atoms. The minimum atomic E-state index is 0.00670. The number of carbonyl (C=O) groups is 1. The summed E-state index contributed by atoms with van der Waals surface area (Å²) < 4.78 is 7.41. The van der Waals surface area contributed by atoms with Crippen molar-refractivity contribution in [3.05, 3.63) is 66.1 Å². The molecular weight excluding hydrogens is 350 g/mol. The number of amides is 1. The van der Waals surface area contributed by atoms with Crippen molar-refractivity contribution in [3.8, 4) is 17.0 Å². The SMILES string of the molecule is COc1ccc(CCC(=O)Nc2ccccc2-c2cn3c(n2)CCCC3)cc1. The maximum Gasteiger partial charge on any atom is 0.224 e. The highest BCUT2D eigenvalue weighted by atomic mass is 16.5. The van der Waals surface area contributed by atoms with E-state index in [2.05, 4.69) is 16.1 Å². The van der Waals surface area contributed by atoms with Crippen LogP contribution in [0, 0.1) is 0 Å². The second kappa shape index (κ2) is 8.30. The van der Waals surface area contributed by atoms with Crippen LogP contribution < -0.4 is 10.1 Å². The Morgan fingerprint density at radius 1 is 1.14 bits per heavy atom. The molecule has 1 amide bonds. The van der Waals surface area contributed by atoms with Gasteiger partial charge in [-0.15, -0.1) is 0 Å². The minimum absolute atomic E-state index is 0.00670. The summed E-state index contributed by atoms with van der Waals surface area (Å²) in [6.45, 7) is 1.03. The molecule has 5 nitrogen and oxygen atoms in total. The summed E-state index contributed by atoms with van der Waals surface area (Å²) in [6.07, 6.45) is 6.65. The van der Waals surface area contributed by atoms with Gasteiger partial charge in [0.15, 0.2) is 0 Å². The Balaban J connectivity index is 1.44. The summed E-state index contributed by atoms with van der Waals surface area (Å²) in [6, 6.07) is 15.7. The molecule has 0 fully saturated rings. The van der Waals surface area contributed by atoms with Crippen LogP contribution in [0.3, 0.4) is 0 Å². The summed E-state index contributed by atoms with van der Waals surface area (Å²) in [5.74, 6) is 1.97. The van der Waals surface area contributed by atoms with Crippen LogP contribution in [0.5, 0.6) is 5.75 Å². The van der Waals surface area contributed by atoms with Crippen molar-refractivity contribution in [1.82, 2.24) is 9.55 Å². The van der Waals surface area contributed by atoms with Crippen molar-refractivity contribution in [2.75, 3.05) is 12.4 Å². The molecule has 0 saturated heterocycles. The number of para-hydroxylation sites is 1. The molecule has 3 aromatic rings. The summed E-state index contributed by atoms with van der Waals surface area (Å²) in [4.78, 5) is 17.3. The Kier molecular flexibility index (Phi) is 5.42. The first kappa shape index (κ1) is 18.3. The van der Waals surface area contributed by atoms with Crippen LogP contribution >= 0.6 is 0 Å². The zero-order valence-electron chi connectivity index (χ0n) is 16.1. The second-order valence-corrected chi connectivity index (χ2v) is 7.13. The fourth-order valence-corrected chi connectivity index (χ4v) is 3.62. The molecular formula is C23H25N3O2. The molecule has 0 atom stereocenters. The van der Waals surface area contributed by atoms with Gasteiger partial charge in [-0.25, -0.2) is 4.98 Å². The predicted octanol–water partition coefficient (Wildman–Crippen LogP) is 4.47. The second-order valence-electron chi connectivity index (χ2n) is 7.13. The number of benzene rings is 2. The first-order chi connectivity index (χ1) is 13.7. The van der Waals surface area contributed by atoms with Crippen molar-refractivity contribution in [2.45, 2.75) is 38.6 Å². The zero-order valence-corrected chi connectivity index (χ0v) is 16.1. The predicted molar refractivity (Wildman–Crippen MR) is 111 cm³/mol. The number of ether oxygens (including phenoxy) is 1. The number of carbonyl (C=O) groups excluding carboxylic acids is 1. The number of hydrogen-bond donors (Lipinski definition) is 1. The molecule has 0 aliphatic carbocycles. The largest absolute Gasteiger partial charge is 0.497 e. The molecule has 28 heavy (non-hydrogen) atoms. The van der Waals surface area contributed by atoms with Gasteiger partial charge in [0, 0.05) is 31.1 Å². The molecule has 1 N–H and O–H groups in total. The van der Waals surface area contributed by atoms with Gasteiger partial charge in [-0.05, 0) is 43.0 Å². The molecule has 0 saturated carbocycles. The van der Waals surface area contributed by atoms with Gasteiger partial charge in [-0.3, -0.25) is 4.79 Å². The standard InChI is InChI=1S/C23H25N3O2/c1-28-18-12-9-17(10-13-18)11-14-23(27)25-20-7-3-2-6-19(20)21-16-26-15-5-4-8-22(26)24-21/h2-3,6-7,9-10,12-13,16H,4-5,8,11,14-15H2,1H3,(H,25,27). The maximum absolute atomic E-state index is 12.5. The minimum Gasteiger partial charge on any atom is -0.497 e. The Labute approximate surface area is 165 Å². The van der Waals surface area contributed by atoms with E-state index < -0.39 is 0 Å². The first-order valence-corrected chi connectivity index (χ1v) is 9.81. The fraction of sp³-hybridized carbons (Fsp3) is 0.304. The van der Waals surface area contributed by atoms with Crippen LogP contribution in [0.2, 0.25) is 0 Å². The lowest BCUT2D eigenvalue weighted by Gasteiger charge is -2.11. The topological polar surface area (TPSA) is 56.1 Å². The highest BCUT2D eigenvalue weighted by Gasteiger charge is 2.16. The summed E-state index contributed by atoms with van der Waals surface area (Å²) in [7, 11) is 1.65. The number of methoxy groups -OCH3 is 1. The fourth-order valence-electron chi connectivity index (χ4n) is 3.62. The highest BCUT2D eigenvalue weighted by molar-refractivity contribution is 5.95. The van der Waals surface area contributed by atoms with E-state index in [0.717, 1.165) is 47.0 Å². The molecule has 144 valence electrons. The number of aromatic nitrogens is 2. The number of hydrogen-bond acceptors (Lipinski definition) is 3. The average Bonchev–Trinajstić information content (AvgIpc) is 3.17. The van der Waals surface area contributed by atoms with E-state index in [1.165, 1.54) is 12.8 Å². The molecule has 1 aliphatic heterocycles. The Morgan fingerprint density at radius 3 is 2.75 bits per heavy atom. The molecule has 2 aromatic carbocycles. The number of aryl methyl sites for hydroxylation is 3. The molecule has 1 aromatic heterocycles. The maximum atomic E-state index is 12.5. The van der Waals surface area contributed by atoms with Gasteiger partial charge < -0.3 is 14.6 Å². The molecule has 5 heteroatoms. The third kappa shape index (κ3) is 4.09. The van der Waals surface area contributed by atoms with Crippen LogP contribution in [0.15, 0.2) is 54.7 Å². The molecule has 1 aliphatic rings. The van der Waals surface area contributed by atoms with E-state index in [-0.39, 0.29) is 5.91 Å². The zero-order chi connectivity index (χ0) is 19.3. The molecule has 2 heterocycles. The number of rotatable bonds is 6. The Bertz CT molecular complexity index is 937. The van der Waals surface area contributed by atoms with Crippen LogP contribution in [0.25, 0.3) is 11.3 Å². The molecule has 4 rings (SSSR count). The number of nitrogens with one attached hydrogen (secondary N) is 1. The van der Waals surface area contributed by atoms with Gasteiger partial charge in [-0.2, -0.15) is 0 Å². The van der Waals surface area contributed by atoms with Crippen molar-refractivity contribution < 1.29 is 9.53 Å². The van der Waals surface area contributed by atoms with Gasteiger partial charge in [0.1, 0.15) is 11.6 Å². The molecule has 0 radical (unpaired) electrons. The lowest BCUT2D eigenvalue weighted by atomic mass is 10.1. The lowest BCUT2D eigenvalue weighted by molar-refractivity contribution is -0.116. The van der Waals surface area contributed by atoms with E-state index in [9.17, 15) is 4.79 Å². The van der Waals surface area contributed by atoms with Gasteiger partial charge >= 0.3 is 0 Å². The third-order valence-corrected chi connectivity index (χ3v) is 5.19. The van der Waals surface area contributed by atoms with Crippen molar-refractivity contribution in [1.29, 1.82) is 0 Å². The van der Waals surface area contributed by atoms with E-state index in [0.29, 0.717) is 12.8 Å². The van der Waals surface area contributed by atoms with E-state index >= 15 is 0 Å². The Hall–Kier alpha value is -3.08. The van der Waals surface area contributed by atoms with Gasteiger partial charge in [0.2, 0.25) is 5.91 Å². The Morgan fingerprint density at radius 2 is 1.96 bits per heavy atom. The average molecular weight is 375 g/mol. The van der Waals surface area contributed by atoms with Crippen molar-refractivity contribution in [2.24, 2.45) is 0 Å². The summed E-state index contributed by atoms with van der Waals surface area (Å²) in [5, 5.41) is 3.07. The summed E-state index contributed by atoms with van der Waals surface area (Å²) >= 11 is 0. The van der Waals surface area contributed by atoms with Gasteiger partial charge in [0.25, 0.3) is 0 Å². The van der Waals surface area contributed by atoms with Gasteiger partial charge in [-0.1, -0.05) is 30.3 Å². The number of nitrogens with zero attached hydrogens (tertiary/aromatic N) is 2. The van der Waals surface area contributed by atoms with Crippen LogP contribution in [-0.2, 0) is 24.2 Å².